The van der Waals surface area contributed by atoms with Gasteiger partial charge in [0.05, 0.1) is 11.4 Å². The number of pyridine rings is 1. The fraction of sp³-hybridized carbons (Fsp3) is 0.261. The Morgan fingerprint density at radius 1 is 0.963 bits per heavy atom. The number of rotatable bonds is 3. The lowest BCUT2D eigenvalue weighted by molar-refractivity contribution is 0.253. The van der Waals surface area contributed by atoms with Gasteiger partial charge in [0, 0.05) is 23.2 Å². The molecule has 0 unspecified atom stereocenters. The summed E-state index contributed by atoms with van der Waals surface area (Å²) in [5.41, 5.74) is 12.8. The summed E-state index contributed by atoms with van der Waals surface area (Å²) in [7, 11) is 0. The van der Waals surface area contributed by atoms with E-state index >= 15 is 0 Å². The first-order chi connectivity index (χ1) is 13.2. The van der Waals surface area contributed by atoms with Crippen molar-refractivity contribution in [3.63, 3.8) is 0 Å². The first kappa shape index (κ1) is 16.3. The minimum Gasteiger partial charge on any atom is -0.474 e. The second kappa shape index (κ2) is 6.39. The number of anilines is 1. The summed E-state index contributed by atoms with van der Waals surface area (Å²) in [4.78, 5) is 4.87. The molecule has 2 aliphatic rings. The molecule has 0 atom stereocenters. The van der Waals surface area contributed by atoms with Crippen LogP contribution in [0.2, 0.25) is 0 Å². The predicted octanol–water partition coefficient (Wildman–Crippen LogP) is 4.56. The largest absolute Gasteiger partial charge is 0.474 e. The molecule has 136 valence electrons. The van der Waals surface area contributed by atoms with E-state index in [-0.39, 0.29) is 5.54 Å². The number of nitrogens with two attached hydrogens (primary N) is 1. The van der Waals surface area contributed by atoms with E-state index in [0.29, 0.717) is 12.5 Å². The van der Waals surface area contributed by atoms with Gasteiger partial charge in [0.2, 0.25) is 5.88 Å². The molecule has 1 fully saturated rings. The lowest BCUT2D eigenvalue weighted by Gasteiger charge is -2.38. The molecule has 2 heterocycles. The summed E-state index contributed by atoms with van der Waals surface area (Å²) in [5.74, 6) is 0.675. The molecule has 2 aromatic carbocycles. The highest BCUT2D eigenvalue weighted by Gasteiger charge is 2.34. The molecule has 0 spiro atoms. The molecular weight excluding hydrogens is 334 g/mol. The summed E-state index contributed by atoms with van der Waals surface area (Å²) in [6, 6.07) is 21.1. The maximum absolute atomic E-state index is 6.48. The maximum atomic E-state index is 6.48. The highest BCUT2D eigenvalue weighted by Crippen LogP contribution is 2.41. The van der Waals surface area contributed by atoms with Crippen molar-refractivity contribution in [1.29, 1.82) is 0 Å². The van der Waals surface area contributed by atoms with Gasteiger partial charge in [0.1, 0.15) is 6.61 Å². The molecule has 0 radical (unpaired) electrons. The molecule has 1 saturated carbocycles. The van der Waals surface area contributed by atoms with E-state index in [9.17, 15) is 0 Å². The van der Waals surface area contributed by atoms with Crippen LogP contribution in [0.1, 0.15) is 24.8 Å². The van der Waals surface area contributed by atoms with Crippen molar-refractivity contribution in [2.45, 2.75) is 24.8 Å². The summed E-state index contributed by atoms with van der Waals surface area (Å²) in [6.45, 7) is 1.44. The first-order valence-electron chi connectivity index (χ1n) is 9.60. The van der Waals surface area contributed by atoms with E-state index in [1.165, 1.54) is 12.0 Å². The molecule has 4 nitrogen and oxygen atoms in total. The molecule has 3 N–H and O–H groups in total. The average molecular weight is 357 g/mol. The van der Waals surface area contributed by atoms with Crippen molar-refractivity contribution >= 4 is 5.69 Å². The van der Waals surface area contributed by atoms with Gasteiger partial charge in [-0.05, 0) is 36.5 Å². The third-order valence-corrected chi connectivity index (χ3v) is 5.71. The number of fused-ring (bicyclic) bond motifs is 1. The van der Waals surface area contributed by atoms with E-state index in [1.54, 1.807) is 0 Å². The van der Waals surface area contributed by atoms with Gasteiger partial charge in [-0.2, -0.15) is 0 Å². The minimum atomic E-state index is -0.142. The molecule has 5 rings (SSSR count). The van der Waals surface area contributed by atoms with Gasteiger partial charge < -0.3 is 15.8 Å². The average Bonchev–Trinajstić information content (AvgIpc) is 2.72. The summed E-state index contributed by atoms with van der Waals surface area (Å²) in [6.07, 6.45) is 3.35. The number of benzene rings is 2. The Balaban J connectivity index is 1.62. The van der Waals surface area contributed by atoms with E-state index in [2.05, 4.69) is 59.9 Å². The topological polar surface area (TPSA) is 60.2 Å². The molecule has 1 aromatic heterocycles. The van der Waals surface area contributed by atoms with Crippen LogP contribution in [0.15, 0.2) is 60.7 Å². The summed E-state index contributed by atoms with van der Waals surface area (Å²) < 4.78 is 5.79. The summed E-state index contributed by atoms with van der Waals surface area (Å²) in [5, 5.41) is 3.39. The Bertz CT molecular complexity index is 963. The monoisotopic (exact) mass is 357 g/mol. The SMILES string of the molecule is NC1(c2ccc(-c3nc4c(cc3-c3ccccc3)NCCO4)cc2)CCC1. The first-order valence-corrected chi connectivity index (χ1v) is 9.60. The fourth-order valence-corrected chi connectivity index (χ4v) is 3.93. The van der Waals surface area contributed by atoms with Crippen molar-refractivity contribution in [3.05, 3.63) is 66.2 Å². The summed E-state index contributed by atoms with van der Waals surface area (Å²) >= 11 is 0. The smallest absolute Gasteiger partial charge is 0.238 e. The van der Waals surface area contributed by atoms with Gasteiger partial charge >= 0.3 is 0 Å². The Labute approximate surface area is 159 Å². The second-order valence-electron chi connectivity index (χ2n) is 7.47. The predicted molar refractivity (Wildman–Crippen MR) is 109 cm³/mol. The normalized spacial score (nSPS) is 17.2. The van der Waals surface area contributed by atoms with E-state index < -0.39 is 0 Å². The molecule has 0 amide bonds. The minimum absolute atomic E-state index is 0.142. The fourth-order valence-electron chi connectivity index (χ4n) is 3.93. The molecule has 4 heteroatoms. The highest BCUT2D eigenvalue weighted by atomic mass is 16.5. The molecule has 0 bridgehead atoms. The van der Waals surface area contributed by atoms with Crippen molar-refractivity contribution in [3.8, 4) is 28.3 Å². The molecule has 1 aliphatic carbocycles. The van der Waals surface area contributed by atoms with E-state index in [0.717, 1.165) is 47.5 Å². The van der Waals surface area contributed by atoms with Gasteiger partial charge in [0.25, 0.3) is 0 Å². The zero-order valence-electron chi connectivity index (χ0n) is 15.2. The van der Waals surface area contributed by atoms with Crippen LogP contribution in [-0.2, 0) is 5.54 Å². The van der Waals surface area contributed by atoms with Crippen LogP contribution in [0.4, 0.5) is 5.69 Å². The van der Waals surface area contributed by atoms with Gasteiger partial charge in [-0.25, -0.2) is 4.98 Å². The van der Waals surface area contributed by atoms with Crippen LogP contribution in [0.5, 0.6) is 5.88 Å². The Morgan fingerprint density at radius 2 is 1.74 bits per heavy atom. The number of nitrogens with zero attached hydrogens (tertiary/aromatic N) is 1. The third kappa shape index (κ3) is 2.86. The maximum Gasteiger partial charge on any atom is 0.238 e. The quantitative estimate of drug-likeness (QED) is 0.721. The second-order valence-corrected chi connectivity index (χ2v) is 7.47. The standard InChI is InChI=1S/C23H23N3O/c24-23(11-4-12-23)18-9-7-17(8-10-18)21-19(16-5-2-1-3-6-16)15-20-22(26-21)27-14-13-25-20/h1-3,5-10,15,25H,4,11-14,24H2. The Hall–Kier alpha value is -2.85. The van der Waals surface area contributed by atoms with Crippen molar-refractivity contribution in [1.82, 2.24) is 4.98 Å². The van der Waals surface area contributed by atoms with Crippen LogP contribution >= 0.6 is 0 Å². The zero-order valence-corrected chi connectivity index (χ0v) is 15.2. The van der Waals surface area contributed by atoms with E-state index in [1.807, 2.05) is 6.07 Å². The lowest BCUT2D eigenvalue weighted by atomic mass is 9.72. The lowest BCUT2D eigenvalue weighted by Crippen LogP contribution is -2.43. The number of nitrogens with one attached hydrogen (secondary N) is 1. The van der Waals surface area contributed by atoms with Crippen molar-refractivity contribution in [2.75, 3.05) is 18.5 Å². The number of hydrogen-bond acceptors (Lipinski definition) is 4. The van der Waals surface area contributed by atoms with Gasteiger partial charge in [-0.3, -0.25) is 0 Å². The molecule has 3 aromatic rings. The number of hydrogen-bond donors (Lipinski definition) is 2. The van der Waals surface area contributed by atoms with E-state index in [4.69, 9.17) is 15.5 Å². The number of aromatic nitrogens is 1. The van der Waals surface area contributed by atoms with Crippen LogP contribution in [0.25, 0.3) is 22.4 Å². The van der Waals surface area contributed by atoms with Crippen LogP contribution in [0, 0.1) is 0 Å². The van der Waals surface area contributed by atoms with Crippen LogP contribution in [0.3, 0.4) is 0 Å². The van der Waals surface area contributed by atoms with Gasteiger partial charge in [-0.15, -0.1) is 0 Å². The molecule has 1 aliphatic heterocycles. The zero-order chi connectivity index (χ0) is 18.3. The highest BCUT2D eigenvalue weighted by molar-refractivity contribution is 5.84. The van der Waals surface area contributed by atoms with Gasteiger partial charge in [0.15, 0.2) is 0 Å². The Kier molecular flexibility index (Phi) is 3.87. The molecular formula is C23H23N3O. The number of ether oxygens (including phenoxy) is 1. The Morgan fingerprint density at radius 3 is 2.44 bits per heavy atom. The van der Waals surface area contributed by atoms with Crippen LogP contribution < -0.4 is 15.8 Å². The molecule has 0 saturated heterocycles. The van der Waals surface area contributed by atoms with Crippen molar-refractivity contribution < 1.29 is 4.74 Å². The molecule has 27 heavy (non-hydrogen) atoms. The van der Waals surface area contributed by atoms with Gasteiger partial charge in [-0.1, -0.05) is 54.6 Å². The van der Waals surface area contributed by atoms with Crippen molar-refractivity contribution in [2.24, 2.45) is 5.73 Å². The third-order valence-electron chi connectivity index (χ3n) is 5.71. The van der Waals surface area contributed by atoms with Crippen LogP contribution in [-0.4, -0.2) is 18.1 Å².